The molecular formula is C28H23N5O. The number of aromatic nitrogens is 5. The first-order valence-corrected chi connectivity index (χ1v) is 11.3. The average molecular weight is 446 g/mol. The number of benzene rings is 3. The maximum absolute atomic E-state index is 13.9. The second-order valence-corrected chi connectivity index (χ2v) is 8.81. The molecule has 0 amide bonds. The molecule has 0 aliphatic heterocycles. The molecule has 3 aromatic carbocycles. The monoisotopic (exact) mass is 445 g/mol. The molecule has 0 aliphatic rings. The van der Waals surface area contributed by atoms with Crippen molar-refractivity contribution in [2.45, 2.75) is 26.8 Å². The van der Waals surface area contributed by atoms with Crippen LogP contribution in [0.3, 0.4) is 0 Å². The normalized spacial score (nSPS) is 12.6. The van der Waals surface area contributed by atoms with Crippen LogP contribution < -0.4 is 5.56 Å². The number of para-hydroxylation sites is 2. The quantitative estimate of drug-likeness (QED) is 0.360. The largest absolute Gasteiger partial charge is 0.291 e. The first-order chi connectivity index (χ1) is 16.5. The second kappa shape index (κ2) is 7.63. The lowest BCUT2D eigenvalue weighted by Gasteiger charge is -2.15. The van der Waals surface area contributed by atoms with Crippen LogP contribution in [0.25, 0.3) is 38.9 Å². The summed E-state index contributed by atoms with van der Waals surface area (Å²) < 4.78 is 3.64. The predicted octanol–water partition coefficient (Wildman–Crippen LogP) is 5.51. The van der Waals surface area contributed by atoms with E-state index in [9.17, 15) is 4.79 Å². The molecule has 0 aliphatic carbocycles. The van der Waals surface area contributed by atoms with E-state index in [0.717, 1.165) is 33.4 Å². The Kier molecular flexibility index (Phi) is 4.55. The molecule has 0 radical (unpaired) electrons. The van der Waals surface area contributed by atoms with Gasteiger partial charge in [0.15, 0.2) is 11.3 Å². The van der Waals surface area contributed by atoms with Gasteiger partial charge in [-0.05, 0) is 61.7 Å². The molecule has 166 valence electrons. The Labute approximate surface area is 196 Å². The number of hydrogen-bond donors (Lipinski definition) is 0. The van der Waals surface area contributed by atoms with Crippen LogP contribution in [0.1, 0.15) is 29.7 Å². The summed E-state index contributed by atoms with van der Waals surface area (Å²) in [6.07, 6.45) is 1.64. The smallest absolute Gasteiger partial charge is 0.265 e. The van der Waals surface area contributed by atoms with Crippen LogP contribution in [0.5, 0.6) is 0 Å². The first kappa shape index (κ1) is 20.3. The summed E-state index contributed by atoms with van der Waals surface area (Å²) in [5, 5.41) is 0.484. The molecule has 0 saturated heterocycles. The van der Waals surface area contributed by atoms with E-state index in [2.05, 4.69) is 32.0 Å². The van der Waals surface area contributed by atoms with Gasteiger partial charge in [-0.15, -0.1) is 0 Å². The molecule has 6 rings (SSSR count). The van der Waals surface area contributed by atoms with Gasteiger partial charge in [-0.1, -0.05) is 48.5 Å². The van der Waals surface area contributed by atoms with Crippen molar-refractivity contribution in [3.05, 3.63) is 106 Å². The van der Waals surface area contributed by atoms with Gasteiger partial charge in [-0.2, -0.15) is 0 Å². The van der Waals surface area contributed by atoms with E-state index in [1.807, 2.05) is 66.1 Å². The summed E-state index contributed by atoms with van der Waals surface area (Å²) in [6, 6.07) is 23.8. The molecule has 6 aromatic rings. The van der Waals surface area contributed by atoms with Crippen molar-refractivity contribution in [3.8, 4) is 5.69 Å². The van der Waals surface area contributed by atoms with Crippen LogP contribution in [0.2, 0.25) is 0 Å². The minimum Gasteiger partial charge on any atom is -0.291 e. The Morgan fingerprint density at radius 2 is 1.44 bits per heavy atom. The number of fused-ring (bicyclic) bond motifs is 4. The molecule has 0 unspecified atom stereocenters. The van der Waals surface area contributed by atoms with Crippen LogP contribution >= 0.6 is 0 Å². The highest BCUT2D eigenvalue weighted by molar-refractivity contribution is 6.05. The van der Waals surface area contributed by atoms with Crippen LogP contribution in [0.15, 0.2) is 83.9 Å². The van der Waals surface area contributed by atoms with Gasteiger partial charge in [0, 0.05) is 5.69 Å². The fourth-order valence-electron chi connectivity index (χ4n) is 4.74. The van der Waals surface area contributed by atoms with Gasteiger partial charge < -0.3 is 0 Å². The summed E-state index contributed by atoms with van der Waals surface area (Å²) in [5.41, 5.74) is 7.39. The predicted molar refractivity (Wildman–Crippen MR) is 136 cm³/mol. The molecule has 0 saturated carbocycles. The second-order valence-electron chi connectivity index (χ2n) is 8.81. The number of hydrogen-bond acceptors (Lipinski definition) is 4. The fraction of sp³-hybridized carbons (Fsp3) is 0.143. The molecule has 0 fully saturated rings. The van der Waals surface area contributed by atoms with E-state index in [0.29, 0.717) is 22.2 Å². The summed E-state index contributed by atoms with van der Waals surface area (Å²) in [7, 11) is 0. The van der Waals surface area contributed by atoms with Gasteiger partial charge in [-0.25, -0.2) is 15.0 Å². The Balaban J connectivity index is 1.74. The van der Waals surface area contributed by atoms with E-state index >= 15 is 0 Å². The number of aryl methyl sites for hydroxylation is 2. The Morgan fingerprint density at radius 1 is 0.794 bits per heavy atom. The standard InChI is InChI=1S/C28H23N5O/c1-17-13-18(2)15-21(14-17)33-26-24(25-27(33)31-23-12-8-7-11-22(23)30-25)28(34)32(16-29-26)19(3)20-9-5-4-6-10-20/h4-16,19H,1-3H3/t19-/m1/s1. The SMILES string of the molecule is Cc1cc(C)cc(-n2c3nc4ccccc4nc3c3c(=O)n([C@H](C)c4ccccc4)cnc32)c1. The fourth-order valence-corrected chi connectivity index (χ4v) is 4.74. The van der Waals surface area contributed by atoms with Gasteiger partial charge in [-0.3, -0.25) is 13.9 Å². The molecule has 34 heavy (non-hydrogen) atoms. The maximum atomic E-state index is 13.9. The average Bonchev–Trinajstić information content (AvgIpc) is 3.16. The zero-order chi connectivity index (χ0) is 23.4. The lowest BCUT2D eigenvalue weighted by atomic mass is 10.1. The van der Waals surface area contributed by atoms with Crippen LogP contribution in [-0.4, -0.2) is 24.1 Å². The zero-order valence-electron chi connectivity index (χ0n) is 19.2. The summed E-state index contributed by atoms with van der Waals surface area (Å²) in [4.78, 5) is 28.5. The minimum absolute atomic E-state index is 0.126. The third kappa shape index (κ3) is 3.10. The Morgan fingerprint density at radius 3 is 2.15 bits per heavy atom. The van der Waals surface area contributed by atoms with Crippen LogP contribution in [0.4, 0.5) is 0 Å². The van der Waals surface area contributed by atoms with E-state index in [-0.39, 0.29) is 11.6 Å². The molecule has 6 heteroatoms. The van der Waals surface area contributed by atoms with Crippen molar-refractivity contribution in [1.82, 2.24) is 24.1 Å². The molecule has 0 N–H and O–H groups in total. The van der Waals surface area contributed by atoms with Crippen molar-refractivity contribution in [3.63, 3.8) is 0 Å². The molecule has 1 atom stereocenters. The molecular weight excluding hydrogens is 422 g/mol. The highest BCUT2D eigenvalue weighted by Gasteiger charge is 2.22. The van der Waals surface area contributed by atoms with Crippen LogP contribution in [0, 0.1) is 13.8 Å². The molecule has 3 aromatic heterocycles. The Bertz CT molecular complexity index is 1750. The van der Waals surface area contributed by atoms with Crippen molar-refractivity contribution < 1.29 is 0 Å². The van der Waals surface area contributed by atoms with Gasteiger partial charge in [0.05, 0.1) is 17.1 Å². The third-order valence-electron chi connectivity index (χ3n) is 6.35. The van der Waals surface area contributed by atoms with E-state index in [1.165, 1.54) is 0 Å². The lowest BCUT2D eigenvalue weighted by Crippen LogP contribution is -2.24. The van der Waals surface area contributed by atoms with Crippen molar-refractivity contribution in [1.29, 1.82) is 0 Å². The first-order valence-electron chi connectivity index (χ1n) is 11.3. The van der Waals surface area contributed by atoms with E-state index in [4.69, 9.17) is 15.0 Å². The van der Waals surface area contributed by atoms with Crippen molar-refractivity contribution in [2.75, 3.05) is 0 Å². The molecule has 0 spiro atoms. The van der Waals surface area contributed by atoms with Crippen molar-refractivity contribution >= 4 is 33.2 Å². The molecule has 0 bridgehead atoms. The van der Waals surface area contributed by atoms with Gasteiger partial charge >= 0.3 is 0 Å². The number of nitrogens with zero attached hydrogens (tertiary/aromatic N) is 5. The summed E-state index contributed by atoms with van der Waals surface area (Å²) in [6.45, 7) is 6.13. The topological polar surface area (TPSA) is 65.6 Å². The van der Waals surface area contributed by atoms with Gasteiger partial charge in [0.1, 0.15) is 17.2 Å². The van der Waals surface area contributed by atoms with Gasteiger partial charge in [0.2, 0.25) is 0 Å². The van der Waals surface area contributed by atoms with E-state index < -0.39 is 0 Å². The van der Waals surface area contributed by atoms with E-state index in [1.54, 1.807) is 10.9 Å². The maximum Gasteiger partial charge on any atom is 0.265 e. The minimum atomic E-state index is -0.168. The zero-order valence-corrected chi connectivity index (χ0v) is 19.2. The summed E-state index contributed by atoms with van der Waals surface area (Å²) in [5.74, 6) is 0. The Hall–Kier alpha value is -4.32. The highest BCUT2D eigenvalue weighted by Crippen LogP contribution is 2.29. The molecule has 3 heterocycles. The third-order valence-corrected chi connectivity index (χ3v) is 6.35. The van der Waals surface area contributed by atoms with Crippen molar-refractivity contribution in [2.24, 2.45) is 0 Å². The van der Waals surface area contributed by atoms with Crippen LogP contribution in [-0.2, 0) is 0 Å². The number of rotatable bonds is 3. The lowest BCUT2D eigenvalue weighted by molar-refractivity contribution is 0.608. The summed E-state index contributed by atoms with van der Waals surface area (Å²) >= 11 is 0. The molecule has 6 nitrogen and oxygen atoms in total. The van der Waals surface area contributed by atoms with Gasteiger partial charge in [0.25, 0.3) is 5.56 Å². The highest BCUT2D eigenvalue weighted by atomic mass is 16.1.